The Balaban J connectivity index is 3.32. The maximum absolute atomic E-state index is 11.6. The number of carbonyl (C=O) groups is 1. The Bertz CT molecular complexity index is 610. The molecule has 0 aliphatic heterocycles. The maximum atomic E-state index is 11.6. The number of nitrogens with one attached hydrogen (secondary N) is 1. The average Bonchev–Trinajstić information content (AvgIpc) is 2.50. The molecular formula is C16H21ClN2O3. The molecule has 1 unspecified atom stereocenters. The molecule has 1 N–H and O–H groups in total. The summed E-state index contributed by atoms with van der Waals surface area (Å²) in [6, 6.07) is 3.80. The summed E-state index contributed by atoms with van der Waals surface area (Å²) >= 11 is 6.28. The van der Waals surface area contributed by atoms with Gasteiger partial charge in [-0.25, -0.2) is 0 Å². The van der Waals surface area contributed by atoms with Crippen molar-refractivity contribution in [2.45, 2.75) is 46.1 Å². The number of rotatable bonds is 6. The molecule has 1 aromatic carbocycles. The number of nitriles is 1. The summed E-state index contributed by atoms with van der Waals surface area (Å²) in [5.74, 6) is 0.129. The van der Waals surface area contributed by atoms with Crippen molar-refractivity contribution >= 4 is 17.5 Å². The first-order valence-corrected chi connectivity index (χ1v) is 7.40. The van der Waals surface area contributed by atoms with Gasteiger partial charge in [0, 0.05) is 24.1 Å². The van der Waals surface area contributed by atoms with E-state index >= 15 is 0 Å². The Morgan fingerprint density at radius 2 is 2.14 bits per heavy atom. The predicted octanol–water partition coefficient (Wildman–Crippen LogP) is 3.55. The second-order valence-electron chi connectivity index (χ2n) is 5.23. The smallest absolute Gasteiger partial charge is 0.252 e. The third-order valence-corrected chi connectivity index (χ3v) is 4.08. The third kappa shape index (κ3) is 3.70. The molecule has 0 aliphatic carbocycles. The molecule has 0 spiro atoms. The zero-order chi connectivity index (χ0) is 16.9. The fourth-order valence-electron chi connectivity index (χ4n) is 2.19. The van der Waals surface area contributed by atoms with Crippen LogP contribution in [0.15, 0.2) is 6.07 Å². The van der Waals surface area contributed by atoms with Crippen molar-refractivity contribution in [1.29, 1.82) is 5.26 Å². The normalized spacial score (nSPS) is 13.1. The van der Waals surface area contributed by atoms with Crippen LogP contribution in [0.1, 0.15) is 43.4 Å². The van der Waals surface area contributed by atoms with E-state index in [4.69, 9.17) is 21.2 Å². The maximum Gasteiger partial charge on any atom is 0.252 e. The number of hydroxylamine groups is 1. The molecule has 1 atom stereocenters. The van der Waals surface area contributed by atoms with E-state index in [2.05, 4.69) is 11.5 Å². The first-order valence-electron chi connectivity index (χ1n) is 7.03. The van der Waals surface area contributed by atoms with Crippen LogP contribution in [0.4, 0.5) is 0 Å². The third-order valence-electron chi connectivity index (χ3n) is 3.49. The van der Waals surface area contributed by atoms with Crippen LogP contribution < -0.4 is 10.3 Å². The Kier molecular flexibility index (Phi) is 6.21. The van der Waals surface area contributed by atoms with Gasteiger partial charge in [-0.05, 0) is 44.4 Å². The molecule has 0 saturated heterocycles. The number of hydrogen-bond acceptors (Lipinski definition) is 4. The molecule has 0 saturated carbocycles. The van der Waals surface area contributed by atoms with Crippen LogP contribution in [0.3, 0.4) is 0 Å². The van der Waals surface area contributed by atoms with E-state index in [0.717, 1.165) is 5.56 Å². The van der Waals surface area contributed by atoms with Gasteiger partial charge in [0.2, 0.25) is 0 Å². The van der Waals surface area contributed by atoms with Gasteiger partial charge < -0.3 is 9.57 Å². The summed E-state index contributed by atoms with van der Waals surface area (Å²) in [5, 5.41) is 9.99. The lowest BCUT2D eigenvalue weighted by molar-refractivity contribution is -0.127. The highest BCUT2D eigenvalue weighted by molar-refractivity contribution is 6.32. The van der Waals surface area contributed by atoms with Crippen LogP contribution in [-0.4, -0.2) is 13.0 Å². The van der Waals surface area contributed by atoms with E-state index in [1.165, 1.54) is 7.11 Å². The lowest BCUT2D eigenvalue weighted by atomic mass is 9.90. The molecule has 1 rings (SSSR count). The highest BCUT2D eigenvalue weighted by Crippen LogP contribution is 2.39. The van der Waals surface area contributed by atoms with Crippen molar-refractivity contribution in [2.75, 3.05) is 7.11 Å². The van der Waals surface area contributed by atoms with Crippen molar-refractivity contribution in [1.82, 2.24) is 5.48 Å². The molecule has 22 heavy (non-hydrogen) atoms. The lowest BCUT2D eigenvalue weighted by Gasteiger charge is -2.26. The van der Waals surface area contributed by atoms with Crippen LogP contribution in [0, 0.1) is 25.2 Å². The van der Waals surface area contributed by atoms with Crippen LogP contribution in [0.25, 0.3) is 0 Å². The Morgan fingerprint density at radius 3 is 2.64 bits per heavy atom. The second kappa shape index (κ2) is 7.48. The monoisotopic (exact) mass is 324 g/mol. The largest absolute Gasteiger partial charge is 0.379 e. The van der Waals surface area contributed by atoms with Crippen molar-refractivity contribution < 1.29 is 14.4 Å². The minimum Gasteiger partial charge on any atom is -0.379 e. The molecule has 120 valence electrons. The number of methoxy groups -OCH3 is 1. The molecule has 0 heterocycles. The first-order chi connectivity index (χ1) is 10.3. The summed E-state index contributed by atoms with van der Waals surface area (Å²) in [6.07, 6.45) is 1.08. The molecule has 1 amide bonds. The number of ether oxygens (including phenoxy) is 1. The molecule has 6 heteroatoms. The molecule has 0 fully saturated rings. The van der Waals surface area contributed by atoms with Crippen LogP contribution in [-0.2, 0) is 15.1 Å². The van der Waals surface area contributed by atoms with Crippen LogP contribution in [0.2, 0.25) is 5.02 Å². The topological polar surface area (TPSA) is 71.3 Å². The summed E-state index contributed by atoms with van der Waals surface area (Å²) in [4.78, 5) is 17.0. The Morgan fingerprint density at radius 1 is 1.50 bits per heavy atom. The highest BCUT2D eigenvalue weighted by atomic mass is 35.5. The van der Waals surface area contributed by atoms with E-state index in [1.807, 2.05) is 13.8 Å². The molecule has 0 aliphatic rings. The Labute approximate surface area is 136 Å². The van der Waals surface area contributed by atoms with Gasteiger partial charge in [0.25, 0.3) is 5.91 Å². The van der Waals surface area contributed by atoms with Crippen molar-refractivity contribution in [2.24, 2.45) is 0 Å². The summed E-state index contributed by atoms with van der Waals surface area (Å²) in [6.45, 7) is 7.15. The number of hydrogen-bond donors (Lipinski definition) is 1. The number of benzene rings is 1. The van der Waals surface area contributed by atoms with E-state index in [-0.39, 0.29) is 5.91 Å². The van der Waals surface area contributed by atoms with Crippen molar-refractivity contribution in [3.63, 3.8) is 0 Å². The molecule has 1 aromatic rings. The number of amides is 1. The lowest BCUT2D eigenvalue weighted by Crippen LogP contribution is -2.30. The minimum atomic E-state index is -1.23. The molecule has 0 aromatic heterocycles. The van der Waals surface area contributed by atoms with Gasteiger partial charge in [0.05, 0.1) is 0 Å². The fraction of sp³-hybridized carbons (Fsp3) is 0.500. The SMILES string of the molecule is CCCC(=O)NOc1cc(C)c(Cl)c(C)c1C(C)(C#N)OC. The summed E-state index contributed by atoms with van der Waals surface area (Å²) in [5.41, 5.74) is 3.14. The van der Waals surface area contributed by atoms with Crippen LogP contribution in [0.5, 0.6) is 5.75 Å². The molecular weight excluding hydrogens is 304 g/mol. The van der Waals surface area contributed by atoms with Gasteiger partial charge in [-0.3, -0.25) is 4.79 Å². The standard InChI is InChI=1S/C16H21ClN2O3/c1-6-7-13(20)19-22-12-8-10(2)15(17)11(3)14(12)16(4,9-18)21-5/h8H,6-7H2,1-5H3,(H,19,20). The van der Waals surface area contributed by atoms with Crippen molar-refractivity contribution in [3.8, 4) is 11.8 Å². The van der Waals surface area contributed by atoms with E-state index < -0.39 is 5.60 Å². The molecule has 0 bridgehead atoms. The summed E-state index contributed by atoms with van der Waals surface area (Å²) in [7, 11) is 1.44. The second-order valence-corrected chi connectivity index (χ2v) is 5.61. The predicted molar refractivity (Wildman–Crippen MR) is 84.6 cm³/mol. The number of halogens is 1. The average molecular weight is 325 g/mol. The number of aryl methyl sites for hydroxylation is 1. The van der Waals surface area contributed by atoms with Crippen molar-refractivity contribution in [3.05, 3.63) is 27.8 Å². The van der Waals surface area contributed by atoms with E-state index in [0.29, 0.717) is 34.7 Å². The number of nitrogens with zero attached hydrogens (tertiary/aromatic N) is 1. The van der Waals surface area contributed by atoms with Gasteiger partial charge in [-0.1, -0.05) is 18.5 Å². The van der Waals surface area contributed by atoms with Gasteiger partial charge in [0.15, 0.2) is 11.4 Å². The van der Waals surface area contributed by atoms with Gasteiger partial charge >= 0.3 is 0 Å². The Hall–Kier alpha value is -1.77. The van der Waals surface area contributed by atoms with Gasteiger partial charge in [-0.2, -0.15) is 10.7 Å². The first kappa shape index (κ1) is 18.3. The zero-order valence-corrected chi connectivity index (χ0v) is 14.3. The van der Waals surface area contributed by atoms with E-state index in [9.17, 15) is 10.1 Å². The molecule has 5 nitrogen and oxygen atoms in total. The number of carbonyl (C=O) groups excluding carboxylic acids is 1. The van der Waals surface area contributed by atoms with E-state index in [1.54, 1.807) is 19.9 Å². The molecule has 0 radical (unpaired) electrons. The summed E-state index contributed by atoms with van der Waals surface area (Å²) < 4.78 is 5.33. The van der Waals surface area contributed by atoms with Gasteiger partial charge in [-0.15, -0.1) is 0 Å². The highest BCUT2D eigenvalue weighted by Gasteiger charge is 2.33. The zero-order valence-electron chi connectivity index (χ0n) is 13.5. The van der Waals surface area contributed by atoms with Crippen LogP contribution >= 0.6 is 11.6 Å². The minimum absolute atomic E-state index is 0.227. The quantitative estimate of drug-likeness (QED) is 0.812. The fourth-order valence-corrected chi connectivity index (χ4v) is 2.34. The van der Waals surface area contributed by atoms with Gasteiger partial charge in [0.1, 0.15) is 6.07 Å².